The molecule has 2 aromatic carbocycles. The predicted octanol–water partition coefficient (Wildman–Crippen LogP) is 3.63. The van der Waals surface area contributed by atoms with E-state index >= 15 is 0 Å². The zero-order valence-electron chi connectivity index (χ0n) is 15.3. The normalized spacial score (nSPS) is 17.3. The summed E-state index contributed by atoms with van der Waals surface area (Å²) < 4.78 is 0. The minimum absolute atomic E-state index is 0.325. The lowest BCUT2D eigenvalue weighted by atomic mass is 9.95. The van der Waals surface area contributed by atoms with E-state index < -0.39 is 0 Å². The number of hydrogen-bond donors (Lipinski definition) is 1. The molecular formula is C22H26N4. The maximum absolute atomic E-state index is 4.12. The molecule has 0 radical (unpaired) electrons. The molecule has 1 N–H and O–H groups in total. The number of nitrogens with one attached hydrogen (secondary N) is 1. The molecule has 134 valence electrons. The second-order valence-corrected chi connectivity index (χ2v) is 7.11. The highest BCUT2D eigenvalue weighted by molar-refractivity contribution is 5.33. The van der Waals surface area contributed by atoms with Gasteiger partial charge in [0, 0.05) is 44.6 Å². The topological polar surface area (TPSA) is 35.2 Å². The van der Waals surface area contributed by atoms with Crippen LogP contribution in [0, 0.1) is 6.92 Å². The van der Waals surface area contributed by atoms with Gasteiger partial charge >= 0.3 is 0 Å². The van der Waals surface area contributed by atoms with Gasteiger partial charge in [0.1, 0.15) is 0 Å². The maximum atomic E-state index is 4.12. The highest BCUT2D eigenvalue weighted by atomic mass is 15.3. The van der Waals surface area contributed by atoms with Gasteiger partial charge < -0.3 is 4.98 Å². The summed E-state index contributed by atoms with van der Waals surface area (Å²) in [5.74, 6) is 0. The molecule has 26 heavy (non-hydrogen) atoms. The SMILES string of the molecule is Cc1ccc(C(c2ccccc2)N2CCN(Cc3cnc[nH]3)CC2)cc1. The van der Waals surface area contributed by atoms with Gasteiger partial charge in [-0.1, -0.05) is 60.2 Å². The minimum atomic E-state index is 0.325. The number of nitrogens with zero attached hydrogens (tertiary/aromatic N) is 3. The monoisotopic (exact) mass is 346 g/mol. The second kappa shape index (κ2) is 7.85. The van der Waals surface area contributed by atoms with Crippen molar-refractivity contribution in [3.63, 3.8) is 0 Å². The number of aromatic nitrogens is 2. The fourth-order valence-corrected chi connectivity index (χ4v) is 3.79. The van der Waals surface area contributed by atoms with Gasteiger partial charge in [0.15, 0.2) is 0 Å². The predicted molar refractivity (Wildman–Crippen MR) is 105 cm³/mol. The van der Waals surface area contributed by atoms with Crippen molar-refractivity contribution in [2.45, 2.75) is 19.5 Å². The molecule has 0 spiro atoms. The van der Waals surface area contributed by atoms with E-state index in [0.29, 0.717) is 6.04 Å². The summed E-state index contributed by atoms with van der Waals surface area (Å²) in [4.78, 5) is 12.4. The van der Waals surface area contributed by atoms with E-state index in [-0.39, 0.29) is 0 Å². The molecule has 4 rings (SSSR count). The lowest BCUT2D eigenvalue weighted by molar-refractivity contribution is 0.104. The van der Waals surface area contributed by atoms with E-state index in [9.17, 15) is 0 Å². The van der Waals surface area contributed by atoms with E-state index in [0.717, 1.165) is 32.7 Å². The Labute approximate surface area is 155 Å². The van der Waals surface area contributed by atoms with E-state index in [1.165, 1.54) is 22.4 Å². The summed E-state index contributed by atoms with van der Waals surface area (Å²) in [5, 5.41) is 0. The molecule has 4 heteroatoms. The number of hydrogen-bond acceptors (Lipinski definition) is 3. The number of H-pyrrole nitrogens is 1. The van der Waals surface area contributed by atoms with E-state index in [1.54, 1.807) is 6.33 Å². The largest absolute Gasteiger partial charge is 0.347 e. The van der Waals surface area contributed by atoms with Crippen LogP contribution in [0.3, 0.4) is 0 Å². The number of aryl methyl sites for hydroxylation is 1. The molecule has 0 amide bonds. The Kier molecular flexibility index (Phi) is 5.14. The number of piperazine rings is 1. The highest BCUT2D eigenvalue weighted by Crippen LogP contribution is 2.29. The van der Waals surface area contributed by atoms with Gasteiger partial charge in [0.25, 0.3) is 0 Å². The number of benzene rings is 2. The van der Waals surface area contributed by atoms with Crippen molar-refractivity contribution in [3.05, 3.63) is 89.5 Å². The van der Waals surface area contributed by atoms with E-state index in [2.05, 4.69) is 81.3 Å². The quantitative estimate of drug-likeness (QED) is 0.766. The third-order valence-corrected chi connectivity index (χ3v) is 5.23. The number of imidazole rings is 1. The average Bonchev–Trinajstić information content (AvgIpc) is 3.19. The lowest BCUT2D eigenvalue weighted by Crippen LogP contribution is -2.47. The van der Waals surface area contributed by atoms with E-state index in [1.807, 2.05) is 6.20 Å². The van der Waals surface area contributed by atoms with Gasteiger partial charge in [0.05, 0.1) is 12.4 Å². The van der Waals surface area contributed by atoms with Crippen molar-refractivity contribution in [3.8, 4) is 0 Å². The number of aromatic amines is 1. The van der Waals surface area contributed by atoms with Gasteiger partial charge in [-0.3, -0.25) is 9.80 Å². The Bertz CT molecular complexity index is 788. The first kappa shape index (κ1) is 17.0. The minimum Gasteiger partial charge on any atom is -0.347 e. The first-order valence-electron chi connectivity index (χ1n) is 9.35. The zero-order valence-corrected chi connectivity index (χ0v) is 15.3. The highest BCUT2D eigenvalue weighted by Gasteiger charge is 2.26. The molecule has 3 aromatic rings. The summed E-state index contributed by atoms with van der Waals surface area (Å²) in [7, 11) is 0. The smallest absolute Gasteiger partial charge is 0.0922 e. The summed E-state index contributed by atoms with van der Waals surface area (Å²) in [6, 6.07) is 20.2. The summed E-state index contributed by atoms with van der Waals surface area (Å²) in [5.41, 5.74) is 5.25. The van der Waals surface area contributed by atoms with Crippen LogP contribution in [0.15, 0.2) is 67.1 Å². The van der Waals surface area contributed by atoms with Gasteiger partial charge in [-0.25, -0.2) is 4.98 Å². The van der Waals surface area contributed by atoms with Crippen LogP contribution in [0.1, 0.15) is 28.4 Å². The molecule has 1 unspecified atom stereocenters. The van der Waals surface area contributed by atoms with Crippen LogP contribution >= 0.6 is 0 Å². The fourth-order valence-electron chi connectivity index (χ4n) is 3.79. The van der Waals surface area contributed by atoms with E-state index in [4.69, 9.17) is 0 Å². The Morgan fingerprint density at radius 1 is 0.923 bits per heavy atom. The molecule has 1 aliphatic heterocycles. The number of rotatable bonds is 5. The maximum Gasteiger partial charge on any atom is 0.0922 e. The van der Waals surface area contributed by atoms with Crippen molar-refractivity contribution in [1.82, 2.24) is 19.8 Å². The standard InChI is InChI=1S/C22H26N4/c1-18-7-9-20(10-8-18)22(19-5-3-2-4-6-19)26-13-11-25(12-14-26)16-21-15-23-17-24-21/h2-10,15,17,22H,11-14,16H2,1H3,(H,23,24). The van der Waals surface area contributed by atoms with Crippen LogP contribution < -0.4 is 0 Å². The molecule has 1 fully saturated rings. The summed E-state index contributed by atoms with van der Waals surface area (Å²) in [6.07, 6.45) is 3.68. The Morgan fingerprint density at radius 3 is 2.27 bits per heavy atom. The van der Waals surface area contributed by atoms with Crippen molar-refractivity contribution < 1.29 is 0 Å². The molecule has 2 heterocycles. The van der Waals surface area contributed by atoms with Crippen LogP contribution in [0.25, 0.3) is 0 Å². The molecule has 1 saturated heterocycles. The Morgan fingerprint density at radius 2 is 1.62 bits per heavy atom. The lowest BCUT2D eigenvalue weighted by Gasteiger charge is -2.39. The molecule has 1 aromatic heterocycles. The van der Waals surface area contributed by atoms with Crippen LogP contribution in [0.2, 0.25) is 0 Å². The fraction of sp³-hybridized carbons (Fsp3) is 0.318. The average molecular weight is 346 g/mol. The van der Waals surface area contributed by atoms with Crippen LogP contribution in [0.4, 0.5) is 0 Å². The molecule has 4 nitrogen and oxygen atoms in total. The molecule has 0 aliphatic carbocycles. The van der Waals surface area contributed by atoms with Crippen molar-refractivity contribution >= 4 is 0 Å². The summed E-state index contributed by atoms with van der Waals surface area (Å²) >= 11 is 0. The first-order chi connectivity index (χ1) is 12.8. The van der Waals surface area contributed by atoms with Gasteiger partial charge in [0.2, 0.25) is 0 Å². The first-order valence-corrected chi connectivity index (χ1v) is 9.35. The van der Waals surface area contributed by atoms with Gasteiger partial charge in [-0.15, -0.1) is 0 Å². The second-order valence-electron chi connectivity index (χ2n) is 7.11. The van der Waals surface area contributed by atoms with Crippen molar-refractivity contribution in [2.75, 3.05) is 26.2 Å². The van der Waals surface area contributed by atoms with Gasteiger partial charge in [-0.05, 0) is 18.1 Å². The van der Waals surface area contributed by atoms with Crippen LogP contribution in [-0.2, 0) is 6.54 Å². The Balaban J connectivity index is 1.51. The zero-order chi connectivity index (χ0) is 17.8. The third-order valence-electron chi connectivity index (χ3n) is 5.23. The molecule has 0 bridgehead atoms. The van der Waals surface area contributed by atoms with Crippen molar-refractivity contribution in [1.29, 1.82) is 0 Å². The van der Waals surface area contributed by atoms with Gasteiger partial charge in [-0.2, -0.15) is 0 Å². The van der Waals surface area contributed by atoms with Crippen LogP contribution in [-0.4, -0.2) is 45.9 Å². The molecular weight excluding hydrogens is 320 g/mol. The molecule has 1 aliphatic rings. The van der Waals surface area contributed by atoms with Crippen molar-refractivity contribution in [2.24, 2.45) is 0 Å². The van der Waals surface area contributed by atoms with Crippen LogP contribution in [0.5, 0.6) is 0 Å². The Hall–Kier alpha value is -2.43. The molecule has 0 saturated carbocycles. The summed E-state index contributed by atoms with van der Waals surface area (Å²) in [6.45, 7) is 7.40. The third kappa shape index (κ3) is 3.87. The molecule has 1 atom stereocenters.